The molecule has 0 saturated heterocycles. The summed E-state index contributed by atoms with van der Waals surface area (Å²) in [5.41, 5.74) is 2.40. The maximum Gasteiger partial charge on any atom is 0.246 e. The standard InChI is InChI=1S/C16H14ClN3O2/c17-13-7-6-11(10-21)8-14(13)18-9-15-19-16(20-22-15)12-4-2-1-3-5-12/h1-8,18,21H,9-10H2. The van der Waals surface area contributed by atoms with Crippen LogP contribution < -0.4 is 5.32 Å². The van der Waals surface area contributed by atoms with Gasteiger partial charge in [-0.2, -0.15) is 4.98 Å². The summed E-state index contributed by atoms with van der Waals surface area (Å²) in [5.74, 6) is 1.01. The molecule has 0 spiro atoms. The average Bonchev–Trinajstić information content (AvgIpc) is 3.04. The first kappa shape index (κ1) is 14.6. The Hall–Kier alpha value is -2.37. The maximum absolute atomic E-state index is 9.16. The third-order valence-electron chi connectivity index (χ3n) is 3.14. The first-order valence-corrected chi connectivity index (χ1v) is 7.15. The molecule has 0 aliphatic heterocycles. The second kappa shape index (κ2) is 6.60. The summed E-state index contributed by atoms with van der Waals surface area (Å²) in [6, 6.07) is 14.9. The molecule has 2 N–H and O–H groups in total. The SMILES string of the molecule is OCc1ccc(Cl)c(NCc2nc(-c3ccccc3)no2)c1. The van der Waals surface area contributed by atoms with Crippen molar-refractivity contribution in [2.24, 2.45) is 0 Å². The monoisotopic (exact) mass is 315 g/mol. The molecule has 3 rings (SSSR count). The summed E-state index contributed by atoms with van der Waals surface area (Å²) in [7, 11) is 0. The minimum atomic E-state index is -0.0371. The number of nitrogens with one attached hydrogen (secondary N) is 1. The topological polar surface area (TPSA) is 71.2 Å². The molecule has 0 amide bonds. The lowest BCUT2D eigenvalue weighted by Gasteiger charge is -2.07. The molecule has 6 heteroatoms. The van der Waals surface area contributed by atoms with Crippen molar-refractivity contribution >= 4 is 17.3 Å². The van der Waals surface area contributed by atoms with E-state index in [-0.39, 0.29) is 6.61 Å². The Morgan fingerprint density at radius 1 is 1.14 bits per heavy atom. The van der Waals surface area contributed by atoms with Crippen LogP contribution in [0.25, 0.3) is 11.4 Å². The largest absolute Gasteiger partial charge is 0.392 e. The predicted molar refractivity (Wildman–Crippen MR) is 84.4 cm³/mol. The van der Waals surface area contributed by atoms with Crippen molar-refractivity contribution in [3.8, 4) is 11.4 Å². The molecule has 1 aromatic heterocycles. The number of halogens is 1. The van der Waals surface area contributed by atoms with Crippen molar-refractivity contribution < 1.29 is 9.63 Å². The van der Waals surface area contributed by atoms with Crippen LogP contribution in [-0.2, 0) is 13.2 Å². The molecule has 0 fully saturated rings. The summed E-state index contributed by atoms with van der Waals surface area (Å²) in [6.45, 7) is 0.318. The van der Waals surface area contributed by atoms with E-state index in [1.807, 2.05) is 30.3 Å². The summed E-state index contributed by atoms with van der Waals surface area (Å²) in [5, 5.41) is 16.8. The Balaban J connectivity index is 1.71. The van der Waals surface area contributed by atoms with Gasteiger partial charge in [-0.25, -0.2) is 0 Å². The van der Waals surface area contributed by atoms with Crippen molar-refractivity contribution in [2.45, 2.75) is 13.2 Å². The number of hydrogen-bond acceptors (Lipinski definition) is 5. The van der Waals surface area contributed by atoms with E-state index in [9.17, 15) is 0 Å². The van der Waals surface area contributed by atoms with Gasteiger partial charge < -0.3 is 14.9 Å². The fourth-order valence-corrected chi connectivity index (χ4v) is 2.19. The lowest BCUT2D eigenvalue weighted by Crippen LogP contribution is -2.01. The smallest absolute Gasteiger partial charge is 0.246 e. The van der Waals surface area contributed by atoms with Crippen LogP contribution in [-0.4, -0.2) is 15.2 Å². The molecule has 0 atom stereocenters. The number of rotatable bonds is 5. The zero-order chi connectivity index (χ0) is 15.4. The number of aliphatic hydroxyl groups excluding tert-OH is 1. The van der Waals surface area contributed by atoms with Gasteiger partial charge in [-0.1, -0.05) is 53.2 Å². The second-order valence-corrected chi connectivity index (χ2v) is 5.11. The van der Waals surface area contributed by atoms with Gasteiger partial charge in [0.05, 0.1) is 23.9 Å². The average molecular weight is 316 g/mol. The van der Waals surface area contributed by atoms with Crippen LogP contribution >= 0.6 is 11.6 Å². The van der Waals surface area contributed by atoms with E-state index in [0.717, 1.165) is 11.1 Å². The maximum atomic E-state index is 9.16. The van der Waals surface area contributed by atoms with Crippen molar-refractivity contribution in [1.82, 2.24) is 10.1 Å². The van der Waals surface area contributed by atoms with Crippen LogP contribution in [0.5, 0.6) is 0 Å². The first-order chi connectivity index (χ1) is 10.8. The number of benzene rings is 2. The molecule has 112 valence electrons. The highest BCUT2D eigenvalue weighted by atomic mass is 35.5. The van der Waals surface area contributed by atoms with E-state index in [1.165, 1.54) is 0 Å². The van der Waals surface area contributed by atoms with Crippen LogP contribution in [0.3, 0.4) is 0 Å². The zero-order valence-electron chi connectivity index (χ0n) is 11.7. The van der Waals surface area contributed by atoms with Gasteiger partial charge in [-0.05, 0) is 17.7 Å². The van der Waals surface area contributed by atoms with Gasteiger partial charge in [0.15, 0.2) is 0 Å². The van der Waals surface area contributed by atoms with E-state index < -0.39 is 0 Å². The second-order valence-electron chi connectivity index (χ2n) is 4.70. The Labute approximate surface area is 132 Å². The van der Waals surface area contributed by atoms with Crippen molar-refractivity contribution in [1.29, 1.82) is 0 Å². The Morgan fingerprint density at radius 3 is 2.73 bits per heavy atom. The van der Waals surface area contributed by atoms with E-state index in [4.69, 9.17) is 21.2 Å². The minimum absolute atomic E-state index is 0.0371. The molecule has 1 heterocycles. The quantitative estimate of drug-likeness (QED) is 0.754. The Kier molecular flexibility index (Phi) is 4.37. The fraction of sp³-hybridized carbons (Fsp3) is 0.125. The molecule has 2 aromatic carbocycles. The van der Waals surface area contributed by atoms with Gasteiger partial charge in [-0.15, -0.1) is 0 Å². The number of aromatic nitrogens is 2. The summed E-state index contributed by atoms with van der Waals surface area (Å²) in [4.78, 5) is 4.34. The first-order valence-electron chi connectivity index (χ1n) is 6.77. The molecule has 0 saturated carbocycles. The minimum Gasteiger partial charge on any atom is -0.392 e. The summed E-state index contributed by atoms with van der Waals surface area (Å²) in [6.07, 6.45) is 0. The van der Waals surface area contributed by atoms with Crippen LogP contribution in [0.4, 0.5) is 5.69 Å². The van der Waals surface area contributed by atoms with E-state index in [0.29, 0.717) is 29.0 Å². The predicted octanol–water partition coefficient (Wildman–Crippen LogP) is 3.49. The van der Waals surface area contributed by atoms with Gasteiger partial charge in [-0.3, -0.25) is 0 Å². The number of aliphatic hydroxyl groups is 1. The number of nitrogens with zero attached hydrogens (tertiary/aromatic N) is 2. The lowest BCUT2D eigenvalue weighted by molar-refractivity contribution is 0.282. The third kappa shape index (κ3) is 3.27. The van der Waals surface area contributed by atoms with Gasteiger partial charge in [0.25, 0.3) is 0 Å². The third-order valence-corrected chi connectivity index (χ3v) is 3.47. The fourth-order valence-electron chi connectivity index (χ4n) is 2.01. The highest BCUT2D eigenvalue weighted by Gasteiger charge is 2.09. The van der Waals surface area contributed by atoms with Crippen LogP contribution in [0.1, 0.15) is 11.5 Å². The lowest BCUT2D eigenvalue weighted by atomic mass is 10.2. The van der Waals surface area contributed by atoms with Gasteiger partial charge >= 0.3 is 0 Å². The normalized spacial score (nSPS) is 10.6. The number of anilines is 1. The Morgan fingerprint density at radius 2 is 1.95 bits per heavy atom. The molecule has 0 bridgehead atoms. The van der Waals surface area contributed by atoms with Crippen molar-refractivity contribution in [2.75, 3.05) is 5.32 Å². The molecule has 0 aliphatic carbocycles. The number of hydrogen-bond donors (Lipinski definition) is 2. The van der Waals surface area contributed by atoms with Crippen molar-refractivity contribution in [3.63, 3.8) is 0 Å². The van der Waals surface area contributed by atoms with E-state index >= 15 is 0 Å². The summed E-state index contributed by atoms with van der Waals surface area (Å²) < 4.78 is 5.22. The Bertz CT molecular complexity index is 759. The molecule has 22 heavy (non-hydrogen) atoms. The van der Waals surface area contributed by atoms with Crippen LogP contribution in [0.2, 0.25) is 5.02 Å². The molecule has 0 unspecified atom stereocenters. The van der Waals surface area contributed by atoms with Gasteiger partial charge in [0.2, 0.25) is 11.7 Å². The summed E-state index contributed by atoms with van der Waals surface area (Å²) >= 11 is 6.11. The van der Waals surface area contributed by atoms with Crippen molar-refractivity contribution in [3.05, 3.63) is 65.0 Å². The van der Waals surface area contributed by atoms with Crippen LogP contribution in [0, 0.1) is 0 Å². The molecule has 3 aromatic rings. The van der Waals surface area contributed by atoms with Gasteiger partial charge in [0, 0.05) is 5.56 Å². The van der Waals surface area contributed by atoms with E-state index in [1.54, 1.807) is 18.2 Å². The zero-order valence-corrected chi connectivity index (χ0v) is 12.4. The molecular weight excluding hydrogens is 302 g/mol. The molecule has 0 aliphatic rings. The van der Waals surface area contributed by atoms with Gasteiger partial charge in [0.1, 0.15) is 0 Å². The molecule has 0 radical (unpaired) electrons. The van der Waals surface area contributed by atoms with Crippen LogP contribution in [0.15, 0.2) is 53.1 Å². The highest BCUT2D eigenvalue weighted by Crippen LogP contribution is 2.24. The highest BCUT2D eigenvalue weighted by molar-refractivity contribution is 6.33. The molecule has 5 nitrogen and oxygen atoms in total. The van der Waals surface area contributed by atoms with E-state index in [2.05, 4.69) is 15.5 Å². The molecular formula is C16H14ClN3O2.